The molecule has 0 radical (unpaired) electrons. The summed E-state index contributed by atoms with van der Waals surface area (Å²) in [6, 6.07) is 10.1. The lowest BCUT2D eigenvalue weighted by Gasteiger charge is -2.46. The second kappa shape index (κ2) is 11.7. The number of aromatic nitrogens is 2. The Kier molecular flexibility index (Phi) is 8.18. The molecule has 1 aromatic heterocycles. The molecule has 13 heteroatoms. The minimum absolute atomic E-state index is 0.00128. The number of ether oxygens (including phenoxy) is 2. The fraction of sp³-hybridized carbons (Fsp3) is 0.400. The molecule has 0 saturated carbocycles. The summed E-state index contributed by atoms with van der Waals surface area (Å²) in [6.45, 7) is 3.82. The number of methoxy groups -OCH3 is 1. The van der Waals surface area contributed by atoms with Crippen molar-refractivity contribution in [1.29, 1.82) is 5.26 Å². The van der Waals surface area contributed by atoms with Crippen molar-refractivity contribution < 1.29 is 32.5 Å². The highest BCUT2D eigenvalue weighted by molar-refractivity contribution is 5.90. The lowest BCUT2D eigenvalue weighted by molar-refractivity contribution is -0.137. The van der Waals surface area contributed by atoms with Crippen LogP contribution < -0.4 is 20.3 Å². The van der Waals surface area contributed by atoms with Gasteiger partial charge in [-0.3, -0.25) is 4.90 Å². The molecule has 3 aromatic rings. The maximum atomic E-state index is 13.7. The van der Waals surface area contributed by atoms with Crippen LogP contribution in [0.3, 0.4) is 0 Å². The van der Waals surface area contributed by atoms with Gasteiger partial charge in [-0.05, 0) is 60.4 Å². The summed E-state index contributed by atoms with van der Waals surface area (Å²) >= 11 is 0. The quantitative estimate of drug-likeness (QED) is 0.407. The number of hydrogen-bond acceptors (Lipinski definition) is 8. The van der Waals surface area contributed by atoms with E-state index < -0.39 is 29.4 Å². The maximum Gasteiger partial charge on any atom is 0.416 e. The minimum Gasteiger partial charge on any atom is -0.497 e. The number of carbonyl (C=O) groups is 1. The Morgan fingerprint density at radius 2 is 1.98 bits per heavy atom. The SMILES string of the molecule is CC[C@]1(N)C[C@H](c2ncc(N3CCOCC3)c(Cc3cc(C#N)cc(C(F)(F)F)c3)n2)c2cc(OC)ccc2N1C(=O)O. The third kappa shape index (κ3) is 5.93. The van der Waals surface area contributed by atoms with Crippen LogP contribution in [0.15, 0.2) is 42.6 Å². The second-order valence-electron chi connectivity index (χ2n) is 10.6. The van der Waals surface area contributed by atoms with Gasteiger partial charge in [0.05, 0.1) is 60.8 Å². The number of nitriles is 1. The Balaban J connectivity index is 1.66. The normalized spacial score (nSPS) is 20.3. The van der Waals surface area contributed by atoms with Gasteiger partial charge in [-0.2, -0.15) is 18.4 Å². The number of nitrogens with two attached hydrogens (primary N) is 1. The predicted octanol–water partition coefficient (Wildman–Crippen LogP) is 4.89. The van der Waals surface area contributed by atoms with Gasteiger partial charge in [-0.25, -0.2) is 14.8 Å². The molecular weight excluding hydrogens is 565 g/mol. The number of hydrogen-bond donors (Lipinski definition) is 2. The van der Waals surface area contributed by atoms with Crippen LogP contribution in [0.25, 0.3) is 0 Å². The fourth-order valence-electron chi connectivity index (χ4n) is 5.77. The molecule has 5 rings (SSSR count). The first-order valence-electron chi connectivity index (χ1n) is 13.8. The average molecular weight is 597 g/mol. The molecule has 2 aliphatic rings. The van der Waals surface area contributed by atoms with Crippen molar-refractivity contribution in [3.05, 3.63) is 76.4 Å². The van der Waals surface area contributed by atoms with Crippen molar-refractivity contribution in [1.82, 2.24) is 9.97 Å². The number of amides is 1. The van der Waals surface area contributed by atoms with Gasteiger partial charge in [0.15, 0.2) is 0 Å². The molecule has 2 aromatic carbocycles. The van der Waals surface area contributed by atoms with Crippen molar-refractivity contribution in [3.63, 3.8) is 0 Å². The van der Waals surface area contributed by atoms with Gasteiger partial charge in [0, 0.05) is 25.4 Å². The molecule has 3 N–H and O–H groups in total. The monoisotopic (exact) mass is 596 g/mol. The number of rotatable bonds is 6. The van der Waals surface area contributed by atoms with Crippen molar-refractivity contribution in [3.8, 4) is 11.8 Å². The first kappa shape index (κ1) is 30.1. The van der Waals surface area contributed by atoms with Crippen LogP contribution in [-0.4, -0.2) is 60.2 Å². The molecule has 10 nitrogen and oxygen atoms in total. The Bertz CT molecular complexity index is 1570. The van der Waals surface area contributed by atoms with Crippen LogP contribution in [0.1, 0.15) is 59.5 Å². The maximum absolute atomic E-state index is 13.7. The highest BCUT2D eigenvalue weighted by Crippen LogP contribution is 2.46. The highest BCUT2D eigenvalue weighted by Gasteiger charge is 2.46. The lowest BCUT2D eigenvalue weighted by Crippen LogP contribution is -2.61. The van der Waals surface area contributed by atoms with Crippen molar-refractivity contribution >= 4 is 17.5 Å². The van der Waals surface area contributed by atoms with E-state index in [1.165, 1.54) is 13.2 Å². The van der Waals surface area contributed by atoms with Crippen LogP contribution in [0.2, 0.25) is 0 Å². The van der Waals surface area contributed by atoms with Gasteiger partial charge in [0.1, 0.15) is 17.2 Å². The van der Waals surface area contributed by atoms with E-state index >= 15 is 0 Å². The molecular formula is C30H31F3N6O4. The highest BCUT2D eigenvalue weighted by atomic mass is 19.4. The summed E-state index contributed by atoms with van der Waals surface area (Å²) in [5.41, 5.74) is 6.80. The zero-order valence-electron chi connectivity index (χ0n) is 23.7. The number of halogens is 3. The molecule has 2 aliphatic heterocycles. The van der Waals surface area contributed by atoms with Gasteiger partial charge in [0.25, 0.3) is 0 Å². The Morgan fingerprint density at radius 1 is 1.23 bits per heavy atom. The molecule has 1 fully saturated rings. The van der Waals surface area contributed by atoms with Gasteiger partial charge in [0.2, 0.25) is 0 Å². The average Bonchev–Trinajstić information content (AvgIpc) is 3.00. The summed E-state index contributed by atoms with van der Waals surface area (Å²) in [6.07, 6.45) is -3.71. The van der Waals surface area contributed by atoms with E-state index in [-0.39, 0.29) is 24.0 Å². The largest absolute Gasteiger partial charge is 0.497 e. The lowest BCUT2D eigenvalue weighted by atomic mass is 9.80. The van der Waals surface area contributed by atoms with Gasteiger partial charge < -0.3 is 25.2 Å². The van der Waals surface area contributed by atoms with Gasteiger partial charge in [-0.1, -0.05) is 6.92 Å². The molecule has 0 aliphatic carbocycles. The smallest absolute Gasteiger partial charge is 0.416 e. The van der Waals surface area contributed by atoms with E-state index in [9.17, 15) is 28.3 Å². The number of alkyl halides is 3. The number of anilines is 2. The van der Waals surface area contributed by atoms with Crippen molar-refractivity contribution in [2.45, 2.75) is 43.9 Å². The molecule has 3 heterocycles. The summed E-state index contributed by atoms with van der Waals surface area (Å²) in [4.78, 5) is 25.2. The first-order valence-corrected chi connectivity index (χ1v) is 13.8. The molecule has 226 valence electrons. The molecule has 0 spiro atoms. The third-order valence-corrected chi connectivity index (χ3v) is 8.01. The van der Waals surface area contributed by atoms with Crippen molar-refractivity contribution in [2.24, 2.45) is 5.73 Å². The third-order valence-electron chi connectivity index (χ3n) is 8.01. The molecule has 1 saturated heterocycles. The van der Waals surface area contributed by atoms with Gasteiger partial charge >= 0.3 is 12.3 Å². The van der Waals surface area contributed by atoms with Crippen LogP contribution in [0.4, 0.5) is 29.3 Å². The second-order valence-corrected chi connectivity index (χ2v) is 10.6. The zero-order chi connectivity index (χ0) is 30.9. The van der Waals surface area contributed by atoms with Crippen LogP contribution in [-0.2, 0) is 17.3 Å². The summed E-state index contributed by atoms with van der Waals surface area (Å²) < 4.78 is 51.9. The van der Waals surface area contributed by atoms with Gasteiger partial charge in [-0.15, -0.1) is 0 Å². The Morgan fingerprint density at radius 3 is 2.60 bits per heavy atom. The number of benzene rings is 2. The summed E-state index contributed by atoms with van der Waals surface area (Å²) in [7, 11) is 1.50. The number of nitrogens with zero attached hydrogens (tertiary/aromatic N) is 5. The van der Waals surface area contributed by atoms with E-state index in [0.717, 1.165) is 17.0 Å². The number of morpholine rings is 1. The topological polar surface area (TPSA) is 138 Å². The molecule has 0 unspecified atom stereocenters. The number of fused-ring (bicyclic) bond motifs is 1. The Labute approximate surface area is 246 Å². The van der Waals surface area contributed by atoms with Crippen LogP contribution in [0.5, 0.6) is 5.75 Å². The van der Waals surface area contributed by atoms with Crippen LogP contribution in [0, 0.1) is 11.3 Å². The zero-order valence-corrected chi connectivity index (χ0v) is 23.7. The minimum atomic E-state index is -4.63. The van der Waals surface area contributed by atoms with Crippen LogP contribution >= 0.6 is 0 Å². The molecule has 43 heavy (non-hydrogen) atoms. The van der Waals surface area contributed by atoms with E-state index in [1.54, 1.807) is 31.3 Å². The summed E-state index contributed by atoms with van der Waals surface area (Å²) in [5, 5.41) is 19.5. The van der Waals surface area contributed by atoms with Crippen molar-refractivity contribution in [2.75, 3.05) is 43.2 Å². The summed E-state index contributed by atoms with van der Waals surface area (Å²) in [5.74, 6) is 0.315. The molecule has 1 amide bonds. The van der Waals surface area contributed by atoms with E-state index in [0.29, 0.717) is 66.9 Å². The van der Waals surface area contributed by atoms with E-state index in [4.69, 9.17) is 25.2 Å². The van der Waals surface area contributed by atoms with E-state index in [2.05, 4.69) is 0 Å². The molecule has 2 atom stereocenters. The van der Waals surface area contributed by atoms with E-state index in [1.807, 2.05) is 11.0 Å². The predicted molar refractivity (Wildman–Crippen MR) is 151 cm³/mol. The Hall–Kier alpha value is -4.41. The molecule has 0 bridgehead atoms. The first-order chi connectivity index (χ1) is 20.5. The number of carboxylic acid groups (broad SMARTS) is 1. The standard InChI is InChI=1S/C30H31F3N6O4/c1-3-29(35)15-23(22-14-21(42-2)4-5-25(22)39(29)28(40)41)27-36-17-26(38-6-8-43-9-7-38)24(37-27)13-18-10-19(16-34)12-20(11-18)30(31,32)33/h4-5,10-12,14,17,23H,3,6-9,13,15,35H2,1-2H3,(H,40,41)/t23-,29+/m0/s1. The fourth-order valence-corrected chi connectivity index (χ4v) is 5.77.